The van der Waals surface area contributed by atoms with E-state index in [2.05, 4.69) is 4.72 Å². The molecule has 4 nitrogen and oxygen atoms in total. The van der Waals surface area contributed by atoms with Crippen LogP contribution in [0.5, 0.6) is 0 Å². The maximum atomic E-state index is 12.3. The molecule has 0 unspecified atom stereocenters. The van der Waals surface area contributed by atoms with Gasteiger partial charge in [-0.2, -0.15) is 0 Å². The van der Waals surface area contributed by atoms with Gasteiger partial charge in [-0.25, -0.2) is 8.42 Å². The summed E-state index contributed by atoms with van der Waals surface area (Å²) < 4.78 is 26.5. The van der Waals surface area contributed by atoms with Gasteiger partial charge in [-0.15, -0.1) is 0 Å². The van der Waals surface area contributed by atoms with Crippen molar-refractivity contribution < 1.29 is 8.42 Å². The lowest BCUT2D eigenvalue weighted by Crippen LogP contribution is -2.36. The third-order valence-electron chi connectivity index (χ3n) is 3.22. The van der Waals surface area contributed by atoms with E-state index in [1.807, 2.05) is 38.1 Å². The molecule has 5 heteroatoms. The van der Waals surface area contributed by atoms with Gasteiger partial charge in [0.1, 0.15) is 0 Å². The molecular weight excluding hydrogens is 260 g/mol. The van der Waals surface area contributed by atoms with Crippen LogP contribution in [0, 0.1) is 0 Å². The van der Waals surface area contributed by atoms with Crippen molar-refractivity contribution in [2.24, 2.45) is 0 Å². The lowest BCUT2D eigenvalue weighted by molar-refractivity contribution is 0.528. The highest BCUT2D eigenvalue weighted by Gasteiger charge is 2.33. The van der Waals surface area contributed by atoms with E-state index < -0.39 is 14.8 Å². The Hall–Kier alpha value is -1.23. The zero-order chi connectivity index (χ0) is 14.7. The van der Waals surface area contributed by atoms with E-state index in [4.69, 9.17) is 0 Å². The minimum Gasteiger partial charge on any atom is -0.378 e. The zero-order valence-corrected chi connectivity index (χ0v) is 13.2. The average molecular weight is 284 g/mol. The first-order valence-electron chi connectivity index (χ1n) is 6.49. The molecule has 19 heavy (non-hydrogen) atoms. The molecule has 0 aliphatic rings. The molecule has 1 aromatic rings. The molecule has 0 atom stereocenters. The first-order chi connectivity index (χ1) is 8.69. The number of rotatable bonds is 6. The summed E-state index contributed by atoms with van der Waals surface area (Å²) in [6, 6.07) is 7.36. The fraction of sp³-hybridized carbons (Fsp3) is 0.571. The lowest BCUT2D eigenvalue weighted by Gasteiger charge is -2.25. The highest BCUT2D eigenvalue weighted by molar-refractivity contribution is 7.94. The summed E-state index contributed by atoms with van der Waals surface area (Å²) in [5.74, 6) is 0. The van der Waals surface area contributed by atoms with Crippen LogP contribution >= 0.6 is 0 Å². The third kappa shape index (κ3) is 3.86. The van der Waals surface area contributed by atoms with Gasteiger partial charge in [0, 0.05) is 25.5 Å². The summed E-state index contributed by atoms with van der Waals surface area (Å²) in [7, 11) is 0.524. The first kappa shape index (κ1) is 15.8. The van der Waals surface area contributed by atoms with Crippen LogP contribution in [0.15, 0.2) is 24.3 Å². The standard InChI is InChI=1S/C14H24N2O2S/c1-6-11-14(2,3)19(17,18)15-12-7-9-13(10-8-12)16(4)5/h7-10,15H,6,11H2,1-5H3. The smallest absolute Gasteiger partial charge is 0.237 e. The number of nitrogens with one attached hydrogen (secondary N) is 1. The lowest BCUT2D eigenvalue weighted by atomic mass is 10.1. The number of hydrogen-bond acceptors (Lipinski definition) is 3. The fourth-order valence-electron chi connectivity index (χ4n) is 1.86. The molecule has 1 aromatic carbocycles. The van der Waals surface area contributed by atoms with Crippen molar-refractivity contribution in [3.05, 3.63) is 24.3 Å². The highest BCUT2D eigenvalue weighted by atomic mass is 32.2. The average Bonchev–Trinajstić information content (AvgIpc) is 2.28. The van der Waals surface area contributed by atoms with Gasteiger partial charge >= 0.3 is 0 Å². The number of hydrogen-bond donors (Lipinski definition) is 1. The van der Waals surface area contributed by atoms with Gasteiger partial charge in [0.25, 0.3) is 0 Å². The summed E-state index contributed by atoms with van der Waals surface area (Å²) in [6.45, 7) is 5.50. The predicted molar refractivity (Wildman–Crippen MR) is 82.3 cm³/mol. The van der Waals surface area contributed by atoms with Crippen LogP contribution in [-0.4, -0.2) is 27.3 Å². The second kappa shape index (κ2) is 5.82. The molecule has 0 saturated carbocycles. The summed E-state index contributed by atoms with van der Waals surface area (Å²) in [5, 5.41) is 0. The molecule has 1 rings (SSSR count). The largest absolute Gasteiger partial charge is 0.378 e. The van der Waals surface area contributed by atoms with Crippen LogP contribution in [0.3, 0.4) is 0 Å². The van der Waals surface area contributed by atoms with Gasteiger partial charge < -0.3 is 4.90 Å². The van der Waals surface area contributed by atoms with Gasteiger partial charge in [-0.05, 0) is 44.5 Å². The summed E-state index contributed by atoms with van der Waals surface area (Å²) >= 11 is 0. The number of benzene rings is 1. The Kier molecular flexibility index (Phi) is 4.85. The van der Waals surface area contributed by atoms with E-state index in [1.54, 1.807) is 26.0 Å². The van der Waals surface area contributed by atoms with Gasteiger partial charge in [0.2, 0.25) is 10.0 Å². The minimum absolute atomic E-state index is 0.606. The second-order valence-electron chi connectivity index (χ2n) is 5.56. The van der Waals surface area contributed by atoms with Crippen molar-refractivity contribution in [3.63, 3.8) is 0 Å². The molecule has 0 aromatic heterocycles. The summed E-state index contributed by atoms with van der Waals surface area (Å²) in [4.78, 5) is 1.97. The Morgan fingerprint density at radius 1 is 1.16 bits per heavy atom. The summed E-state index contributed by atoms with van der Waals surface area (Å²) in [6.07, 6.45) is 1.48. The van der Waals surface area contributed by atoms with Crippen molar-refractivity contribution in [2.45, 2.75) is 38.4 Å². The van der Waals surface area contributed by atoms with E-state index in [9.17, 15) is 8.42 Å². The van der Waals surface area contributed by atoms with Gasteiger partial charge in [-0.1, -0.05) is 13.3 Å². The van der Waals surface area contributed by atoms with Crippen LogP contribution in [0.4, 0.5) is 11.4 Å². The van der Waals surface area contributed by atoms with E-state index in [0.29, 0.717) is 12.1 Å². The molecular formula is C14H24N2O2S. The Bertz CT molecular complexity index is 505. The minimum atomic E-state index is -3.37. The monoisotopic (exact) mass is 284 g/mol. The number of nitrogens with zero attached hydrogens (tertiary/aromatic N) is 1. The predicted octanol–water partition coefficient (Wildman–Crippen LogP) is 3.07. The van der Waals surface area contributed by atoms with E-state index in [1.165, 1.54) is 0 Å². The Morgan fingerprint density at radius 3 is 2.11 bits per heavy atom. The van der Waals surface area contributed by atoms with Crippen molar-refractivity contribution in [3.8, 4) is 0 Å². The molecule has 0 bridgehead atoms. The molecule has 0 aliphatic heterocycles. The van der Waals surface area contributed by atoms with Gasteiger partial charge in [0.15, 0.2) is 0 Å². The van der Waals surface area contributed by atoms with E-state index >= 15 is 0 Å². The van der Waals surface area contributed by atoms with Crippen molar-refractivity contribution in [1.82, 2.24) is 0 Å². The van der Waals surface area contributed by atoms with Crippen LogP contribution in [0.1, 0.15) is 33.6 Å². The van der Waals surface area contributed by atoms with Crippen molar-refractivity contribution in [1.29, 1.82) is 0 Å². The molecule has 108 valence electrons. The van der Waals surface area contributed by atoms with E-state index in [-0.39, 0.29) is 0 Å². The maximum absolute atomic E-state index is 12.3. The number of sulfonamides is 1. The van der Waals surface area contributed by atoms with Crippen LogP contribution in [-0.2, 0) is 10.0 Å². The Labute approximate surface area is 116 Å². The molecule has 0 aliphatic carbocycles. The Morgan fingerprint density at radius 2 is 1.68 bits per heavy atom. The number of anilines is 2. The SMILES string of the molecule is CCCC(C)(C)S(=O)(=O)Nc1ccc(N(C)C)cc1. The quantitative estimate of drug-likeness (QED) is 0.873. The molecule has 0 fully saturated rings. The molecule has 0 amide bonds. The third-order valence-corrected chi connectivity index (χ3v) is 5.38. The molecule has 1 N–H and O–H groups in total. The Balaban J connectivity index is 2.90. The maximum Gasteiger partial charge on any atom is 0.237 e. The van der Waals surface area contributed by atoms with Crippen molar-refractivity contribution in [2.75, 3.05) is 23.7 Å². The molecule has 0 spiro atoms. The summed E-state index contributed by atoms with van der Waals surface area (Å²) in [5.41, 5.74) is 1.64. The normalized spacial score (nSPS) is 12.3. The molecule has 0 radical (unpaired) electrons. The second-order valence-corrected chi connectivity index (χ2v) is 7.87. The highest BCUT2D eigenvalue weighted by Crippen LogP contribution is 2.25. The van der Waals surface area contributed by atoms with E-state index in [0.717, 1.165) is 12.1 Å². The van der Waals surface area contributed by atoms with Gasteiger partial charge in [-0.3, -0.25) is 4.72 Å². The zero-order valence-electron chi connectivity index (χ0n) is 12.4. The van der Waals surface area contributed by atoms with Crippen LogP contribution in [0.25, 0.3) is 0 Å². The molecule has 0 saturated heterocycles. The van der Waals surface area contributed by atoms with Crippen LogP contribution < -0.4 is 9.62 Å². The van der Waals surface area contributed by atoms with Crippen molar-refractivity contribution >= 4 is 21.4 Å². The topological polar surface area (TPSA) is 49.4 Å². The van der Waals surface area contributed by atoms with Crippen LogP contribution in [0.2, 0.25) is 0 Å². The van der Waals surface area contributed by atoms with Gasteiger partial charge in [0.05, 0.1) is 4.75 Å². The fourth-order valence-corrected chi connectivity index (χ4v) is 3.05. The molecule has 0 heterocycles. The first-order valence-corrected chi connectivity index (χ1v) is 7.97.